The molecule has 1 aromatic rings. The summed E-state index contributed by atoms with van der Waals surface area (Å²) in [6.07, 6.45) is -0.337. The van der Waals surface area contributed by atoms with Gasteiger partial charge in [0.2, 0.25) is 0 Å². The number of benzene rings is 1. The molecule has 0 heterocycles. The van der Waals surface area contributed by atoms with E-state index in [1.54, 1.807) is 0 Å². The lowest BCUT2D eigenvalue weighted by atomic mass is 9.92. The minimum atomic E-state index is -0.337. The number of carbonyl (C=O) groups excluding carboxylic acids is 1. The fourth-order valence-electron chi connectivity index (χ4n) is 2.13. The number of hydrogen-bond donors (Lipinski definition) is 0. The number of hydrogen-bond acceptors (Lipinski definition) is 2. The predicted molar refractivity (Wildman–Crippen MR) is 75.2 cm³/mol. The zero-order valence-electron chi connectivity index (χ0n) is 12.3. The van der Waals surface area contributed by atoms with Crippen molar-refractivity contribution in [3.63, 3.8) is 0 Å². The smallest absolute Gasteiger partial charge is 0.192 e. The molecule has 1 unspecified atom stereocenters. The van der Waals surface area contributed by atoms with Gasteiger partial charge in [0, 0.05) is 12.2 Å². The Bertz CT molecular complexity index is 433. The molecule has 0 aliphatic rings. The van der Waals surface area contributed by atoms with Crippen LogP contribution in [0, 0.1) is 26.7 Å². The molecule has 1 rings (SSSR count). The van der Waals surface area contributed by atoms with E-state index in [1.807, 2.05) is 40.7 Å². The summed E-state index contributed by atoms with van der Waals surface area (Å²) in [4.78, 5) is 12.5. The topological polar surface area (TPSA) is 26.3 Å². The van der Waals surface area contributed by atoms with E-state index in [9.17, 15) is 4.79 Å². The Morgan fingerprint density at radius 3 is 2.17 bits per heavy atom. The van der Waals surface area contributed by atoms with E-state index in [-0.39, 0.29) is 17.8 Å². The Morgan fingerprint density at radius 2 is 1.67 bits per heavy atom. The molecule has 0 saturated carbocycles. The summed E-state index contributed by atoms with van der Waals surface area (Å²) in [7, 11) is 0. The first kappa shape index (κ1) is 14.9. The van der Waals surface area contributed by atoms with Gasteiger partial charge < -0.3 is 4.74 Å². The van der Waals surface area contributed by atoms with Crippen molar-refractivity contribution in [3.8, 4) is 0 Å². The minimum Gasteiger partial charge on any atom is -0.370 e. The van der Waals surface area contributed by atoms with E-state index in [0.29, 0.717) is 6.61 Å². The van der Waals surface area contributed by atoms with E-state index < -0.39 is 0 Å². The normalized spacial score (nSPS) is 12.8. The molecule has 1 atom stereocenters. The predicted octanol–water partition coefficient (Wildman–Crippen LogP) is 3.86. The van der Waals surface area contributed by atoms with Crippen LogP contribution in [0.4, 0.5) is 0 Å². The second-order valence-corrected chi connectivity index (χ2v) is 5.24. The Kier molecular flexibility index (Phi) is 5.09. The van der Waals surface area contributed by atoms with Crippen LogP contribution in [0.25, 0.3) is 0 Å². The van der Waals surface area contributed by atoms with Crippen LogP contribution in [0.15, 0.2) is 12.1 Å². The summed E-state index contributed by atoms with van der Waals surface area (Å²) in [5.74, 6) is 0.297. The first-order valence-corrected chi connectivity index (χ1v) is 6.62. The fraction of sp³-hybridized carbons (Fsp3) is 0.562. The van der Waals surface area contributed by atoms with Crippen molar-refractivity contribution in [2.45, 2.75) is 47.6 Å². The molecule has 0 aliphatic carbocycles. The zero-order valence-corrected chi connectivity index (χ0v) is 12.3. The average molecular weight is 248 g/mol. The summed E-state index contributed by atoms with van der Waals surface area (Å²) < 4.78 is 5.60. The number of rotatable bonds is 5. The Balaban J connectivity index is 3.12. The Hall–Kier alpha value is -1.15. The molecule has 0 saturated heterocycles. The first-order valence-electron chi connectivity index (χ1n) is 6.62. The van der Waals surface area contributed by atoms with Gasteiger partial charge in [-0.25, -0.2) is 0 Å². The molecule has 0 aliphatic heterocycles. The standard InChI is InChI=1S/C16H24O2/c1-7-18-16(10(2)3)15(17)14-9-12(5)11(4)8-13(14)6/h8-10,16H,7H2,1-6H3. The summed E-state index contributed by atoms with van der Waals surface area (Å²) in [6.45, 7) is 12.6. The molecule has 2 heteroatoms. The second kappa shape index (κ2) is 6.14. The molecular formula is C16H24O2. The molecular weight excluding hydrogens is 224 g/mol. The van der Waals surface area contributed by atoms with Gasteiger partial charge in [0.15, 0.2) is 5.78 Å². The monoisotopic (exact) mass is 248 g/mol. The SMILES string of the molecule is CCOC(C(=O)c1cc(C)c(C)cc1C)C(C)C. The lowest BCUT2D eigenvalue weighted by molar-refractivity contribution is 0.0279. The second-order valence-electron chi connectivity index (χ2n) is 5.24. The van der Waals surface area contributed by atoms with Gasteiger partial charge in [-0.3, -0.25) is 4.79 Å². The van der Waals surface area contributed by atoms with Crippen LogP contribution in [0.3, 0.4) is 0 Å². The quantitative estimate of drug-likeness (QED) is 0.740. The molecule has 0 fully saturated rings. The lowest BCUT2D eigenvalue weighted by Crippen LogP contribution is -2.30. The van der Waals surface area contributed by atoms with Crippen LogP contribution < -0.4 is 0 Å². The van der Waals surface area contributed by atoms with E-state index in [1.165, 1.54) is 5.56 Å². The molecule has 18 heavy (non-hydrogen) atoms. The van der Waals surface area contributed by atoms with E-state index >= 15 is 0 Å². The summed E-state index contributed by atoms with van der Waals surface area (Å²) >= 11 is 0. The molecule has 0 spiro atoms. The first-order chi connectivity index (χ1) is 8.38. The van der Waals surface area contributed by atoms with Crippen molar-refractivity contribution in [2.24, 2.45) is 5.92 Å². The average Bonchev–Trinajstić information content (AvgIpc) is 2.29. The molecule has 0 N–H and O–H groups in total. The number of Topliss-reactive ketones (excluding diaryl/α,β-unsaturated/α-hetero) is 1. The minimum absolute atomic E-state index is 0.104. The number of ketones is 1. The molecule has 0 aromatic heterocycles. The highest BCUT2D eigenvalue weighted by Gasteiger charge is 2.25. The van der Waals surface area contributed by atoms with Gasteiger partial charge in [0.1, 0.15) is 6.10 Å². The van der Waals surface area contributed by atoms with Crippen LogP contribution >= 0.6 is 0 Å². The molecule has 100 valence electrons. The van der Waals surface area contributed by atoms with Gasteiger partial charge in [0.25, 0.3) is 0 Å². The highest BCUT2D eigenvalue weighted by molar-refractivity contribution is 6.01. The number of aryl methyl sites for hydroxylation is 3. The maximum absolute atomic E-state index is 12.5. The van der Waals surface area contributed by atoms with Gasteiger partial charge in [-0.15, -0.1) is 0 Å². The largest absolute Gasteiger partial charge is 0.370 e. The van der Waals surface area contributed by atoms with Gasteiger partial charge in [-0.1, -0.05) is 19.9 Å². The maximum atomic E-state index is 12.5. The summed E-state index contributed by atoms with van der Waals surface area (Å²) in [6, 6.07) is 4.06. The molecule has 1 aromatic carbocycles. The summed E-state index contributed by atoms with van der Waals surface area (Å²) in [5, 5.41) is 0. The van der Waals surface area contributed by atoms with Crippen molar-refractivity contribution >= 4 is 5.78 Å². The van der Waals surface area contributed by atoms with Crippen molar-refractivity contribution in [1.29, 1.82) is 0 Å². The third-order valence-electron chi connectivity index (χ3n) is 3.32. The van der Waals surface area contributed by atoms with Gasteiger partial charge in [0.05, 0.1) is 0 Å². The molecule has 0 bridgehead atoms. The number of ether oxygens (including phenoxy) is 1. The van der Waals surface area contributed by atoms with E-state index in [0.717, 1.165) is 16.7 Å². The van der Waals surface area contributed by atoms with Crippen molar-refractivity contribution in [2.75, 3.05) is 6.61 Å². The third kappa shape index (κ3) is 3.20. The third-order valence-corrected chi connectivity index (χ3v) is 3.32. The maximum Gasteiger partial charge on any atom is 0.192 e. The molecule has 2 nitrogen and oxygen atoms in total. The van der Waals surface area contributed by atoms with E-state index in [4.69, 9.17) is 4.74 Å². The van der Waals surface area contributed by atoms with E-state index in [2.05, 4.69) is 13.0 Å². The van der Waals surface area contributed by atoms with Gasteiger partial charge >= 0.3 is 0 Å². The van der Waals surface area contributed by atoms with Crippen LogP contribution in [0.1, 0.15) is 47.8 Å². The van der Waals surface area contributed by atoms with Crippen LogP contribution in [-0.4, -0.2) is 18.5 Å². The zero-order chi connectivity index (χ0) is 13.9. The van der Waals surface area contributed by atoms with Crippen LogP contribution in [0.5, 0.6) is 0 Å². The van der Waals surface area contributed by atoms with Crippen molar-refractivity contribution < 1.29 is 9.53 Å². The van der Waals surface area contributed by atoms with Crippen molar-refractivity contribution in [3.05, 3.63) is 34.4 Å². The Morgan fingerprint density at radius 1 is 1.11 bits per heavy atom. The van der Waals surface area contributed by atoms with Crippen LogP contribution in [0.2, 0.25) is 0 Å². The Labute approximate surface area is 110 Å². The van der Waals surface area contributed by atoms with Gasteiger partial charge in [-0.2, -0.15) is 0 Å². The highest BCUT2D eigenvalue weighted by atomic mass is 16.5. The number of carbonyl (C=O) groups is 1. The molecule has 0 radical (unpaired) electrons. The summed E-state index contributed by atoms with van der Waals surface area (Å²) in [5.41, 5.74) is 4.21. The fourth-order valence-corrected chi connectivity index (χ4v) is 2.13. The van der Waals surface area contributed by atoms with Crippen molar-refractivity contribution in [1.82, 2.24) is 0 Å². The lowest BCUT2D eigenvalue weighted by Gasteiger charge is -2.21. The highest BCUT2D eigenvalue weighted by Crippen LogP contribution is 2.20. The van der Waals surface area contributed by atoms with Gasteiger partial charge in [-0.05, 0) is 56.4 Å². The van der Waals surface area contributed by atoms with Crippen LogP contribution in [-0.2, 0) is 4.74 Å². The molecule has 0 amide bonds.